The van der Waals surface area contributed by atoms with E-state index >= 15 is 0 Å². The SMILES string of the molecule is Cn1nccc1Cn1cncc1C1CNC1. The van der Waals surface area contributed by atoms with Crippen molar-refractivity contribution < 1.29 is 0 Å². The van der Waals surface area contributed by atoms with Crippen LogP contribution in [0.15, 0.2) is 24.8 Å². The average molecular weight is 217 g/mol. The molecule has 0 spiro atoms. The molecule has 1 aliphatic heterocycles. The summed E-state index contributed by atoms with van der Waals surface area (Å²) in [7, 11) is 1.97. The van der Waals surface area contributed by atoms with Crippen LogP contribution in [-0.4, -0.2) is 32.4 Å². The van der Waals surface area contributed by atoms with Gasteiger partial charge < -0.3 is 9.88 Å². The van der Waals surface area contributed by atoms with Crippen LogP contribution < -0.4 is 5.32 Å². The van der Waals surface area contributed by atoms with Gasteiger partial charge in [-0.05, 0) is 6.07 Å². The fourth-order valence-electron chi connectivity index (χ4n) is 2.03. The molecule has 1 aliphatic rings. The fraction of sp³-hybridized carbons (Fsp3) is 0.455. The van der Waals surface area contributed by atoms with Crippen molar-refractivity contribution in [2.45, 2.75) is 12.5 Å². The predicted molar refractivity (Wildman–Crippen MR) is 60.1 cm³/mol. The van der Waals surface area contributed by atoms with Gasteiger partial charge in [-0.1, -0.05) is 0 Å². The largest absolute Gasteiger partial charge is 0.328 e. The molecule has 3 heterocycles. The number of nitrogens with zero attached hydrogens (tertiary/aromatic N) is 4. The van der Waals surface area contributed by atoms with Gasteiger partial charge in [0.2, 0.25) is 0 Å². The highest BCUT2D eigenvalue weighted by Gasteiger charge is 2.22. The van der Waals surface area contributed by atoms with E-state index in [4.69, 9.17) is 0 Å². The summed E-state index contributed by atoms with van der Waals surface area (Å²) in [4.78, 5) is 4.24. The fourth-order valence-corrected chi connectivity index (χ4v) is 2.03. The smallest absolute Gasteiger partial charge is 0.0951 e. The number of imidazole rings is 1. The molecule has 0 unspecified atom stereocenters. The van der Waals surface area contributed by atoms with E-state index in [-0.39, 0.29) is 0 Å². The molecule has 5 heteroatoms. The van der Waals surface area contributed by atoms with Crippen LogP contribution in [0.2, 0.25) is 0 Å². The van der Waals surface area contributed by atoms with Crippen molar-refractivity contribution in [1.82, 2.24) is 24.6 Å². The van der Waals surface area contributed by atoms with Gasteiger partial charge in [0.05, 0.1) is 18.6 Å². The molecule has 0 bridgehead atoms. The van der Waals surface area contributed by atoms with Gasteiger partial charge >= 0.3 is 0 Å². The third-order valence-corrected chi connectivity index (χ3v) is 3.20. The van der Waals surface area contributed by atoms with Crippen molar-refractivity contribution in [2.24, 2.45) is 7.05 Å². The van der Waals surface area contributed by atoms with Crippen LogP contribution in [-0.2, 0) is 13.6 Å². The molecule has 3 rings (SSSR count). The molecular formula is C11H15N5. The number of aromatic nitrogens is 4. The first-order valence-corrected chi connectivity index (χ1v) is 5.52. The molecule has 0 atom stereocenters. The van der Waals surface area contributed by atoms with E-state index in [1.807, 2.05) is 36.5 Å². The molecule has 0 aliphatic carbocycles. The Morgan fingerprint density at radius 3 is 3.00 bits per heavy atom. The van der Waals surface area contributed by atoms with Crippen molar-refractivity contribution in [1.29, 1.82) is 0 Å². The van der Waals surface area contributed by atoms with Crippen molar-refractivity contribution in [3.05, 3.63) is 36.2 Å². The summed E-state index contributed by atoms with van der Waals surface area (Å²) in [5.74, 6) is 0.621. The van der Waals surface area contributed by atoms with E-state index in [1.165, 1.54) is 11.4 Å². The molecule has 0 radical (unpaired) electrons. The van der Waals surface area contributed by atoms with E-state index in [0.29, 0.717) is 5.92 Å². The summed E-state index contributed by atoms with van der Waals surface area (Å²) in [5.41, 5.74) is 2.52. The number of aryl methyl sites for hydroxylation is 1. The van der Waals surface area contributed by atoms with Gasteiger partial charge in [-0.25, -0.2) is 4.98 Å². The predicted octanol–water partition coefficient (Wildman–Crippen LogP) is 0.352. The summed E-state index contributed by atoms with van der Waals surface area (Å²) in [5, 5.41) is 7.46. The van der Waals surface area contributed by atoms with E-state index in [1.54, 1.807) is 0 Å². The molecule has 0 aromatic carbocycles. The second-order valence-electron chi connectivity index (χ2n) is 4.25. The number of rotatable bonds is 3. The minimum Gasteiger partial charge on any atom is -0.328 e. The Morgan fingerprint density at radius 1 is 1.50 bits per heavy atom. The molecule has 0 saturated carbocycles. The Bertz CT molecular complexity index is 480. The molecule has 84 valence electrons. The lowest BCUT2D eigenvalue weighted by atomic mass is 10.00. The number of hydrogen-bond acceptors (Lipinski definition) is 3. The van der Waals surface area contributed by atoms with E-state index in [0.717, 1.165) is 19.6 Å². The zero-order chi connectivity index (χ0) is 11.0. The van der Waals surface area contributed by atoms with E-state index in [9.17, 15) is 0 Å². The highest BCUT2D eigenvalue weighted by molar-refractivity contribution is 5.14. The van der Waals surface area contributed by atoms with E-state index < -0.39 is 0 Å². The first-order chi connectivity index (χ1) is 7.84. The molecule has 1 N–H and O–H groups in total. The van der Waals surface area contributed by atoms with Crippen molar-refractivity contribution in [3.63, 3.8) is 0 Å². The van der Waals surface area contributed by atoms with Gasteiger partial charge in [-0.15, -0.1) is 0 Å². The monoisotopic (exact) mass is 217 g/mol. The molecule has 5 nitrogen and oxygen atoms in total. The molecule has 16 heavy (non-hydrogen) atoms. The Balaban J connectivity index is 1.84. The van der Waals surface area contributed by atoms with Gasteiger partial charge in [-0.3, -0.25) is 4.68 Å². The van der Waals surface area contributed by atoms with Gasteiger partial charge in [0.15, 0.2) is 0 Å². The van der Waals surface area contributed by atoms with Crippen LogP contribution in [0.5, 0.6) is 0 Å². The highest BCUT2D eigenvalue weighted by Crippen LogP contribution is 2.19. The lowest BCUT2D eigenvalue weighted by molar-refractivity contribution is 0.426. The van der Waals surface area contributed by atoms with Crippen LogP contribution in [0.3, 0.4) is 0 Å². The average Bonchev–Trinajstić information content (AvgIpc) is 2.76. The summed E-state index contributed by atoms with van der Waals surface area (Å²) in [6.45, 7) is 2.98. The second-order valence-corrected chi connectivity index (χ2v) is 4.25. The Labute approximate surface area is 94.1 Å². The zero-order valence-electron chi connectivity index (χ0n) is 9.30. The summed E-state index contributed by atoms with van der Waals surface area (Å²) in [6, 6.07) is 2.04. The quantitative estimate of drug-likeness (QED) is 0.807. The Hall–Kier alpha value is -1.62. The van der Waals surface area contributed by atoms with Gasteiger partial charge in [0, 0.05) is 44.1 Å². The third kappa shape index (κ3) is 1.53. The third-order valence-electron chi connectivity index (χ3n) is 3.20. The Kier molecular flexibility index (Phi) is 2.25. The topological polar surface area (TPSA) is 47.7 Å². The lowest BCUT2D eigenvalue weighted by Gasteiger charge is -2.27. The normalized spacial score (nSPS) is 16.3. The van der Waals surface area contributed by atoms with Crippen molar-refractivity contribution in [2.75, 3.05) is 13.1 Å². The van der Waals surface area contributed by atoms with Crippen LogP contribution >= 0.6 is 0 Å². The maximum atomic E-state index is 4.24. The lowest BCUT2D eigenvalue weighted by Crippen LogP contribution is -2.40. The Morgan fingerprint density at radius 2 is 2.38 bits per heavy atom. The molecule has 1 saturated heterocycles. The minimum atomic E-state index is 0.621. The number of hydrogen-bond donors (Lipinski definition) is 1. The zero-order valence-corrected chi connectivity index (χ0v) is 9.30. The highest BCUT2D eigenvalue weighted by atomic mass is 15.3. The van der Waals surface area contributed by atoms with Gasteiger partial charge in [0.1, 0.15) is 0 Å². The summed E-state index contributed by atoms with van der Waals surface area (Å²) < 4.78 is 4.12. The van der Waals surface area contributed by atoms with Crippen LogP contribution in [0.4, 0.5) is 0 Å². The molecule has 2 aromatic rings. The van der Waals surface area contributed by atoms with E-state index in [2.05, 4.69) is 20.0 Å². The van der Waals surface area contributed by atoms with Crippen molar-refractivity contribution in [3.8, 4) is 0 Å². The first-order valence-electron chi connectivity index (χ1n) is 5.52. The maximum Gasteiger partial charge on any atom is 0.0951 e. The van der Waals surface area contributed by atoms with Crippen LogP contribution in [0, 0.1) is 0 Å². The molecule has 0 amide bonds. The first kappa shape index (κ1) is 9.59. The van der Waals surface area contributed by atoms with Crippen LogP contribution in [0.25, 0.3) is 0 Å². The maximum absolute atomic E-state index is 4.24. The molecular weight excluding hydrogens is 202 g/mol. The van der Waals surface area contributed by atoms with Crippen LogP contribution in [0.1, 0.15) is 17.3 Å². The molecule has 1 fully saturated rings. The minimum absolute atomic E-state index is 0.621. The second kappa shape index (κ2) is 3.75. The van der Waals surface area contributed by atoms with Gasteiger partial charge in [0.25, 0.3) is 0 Å². The standard InChI is InChI=1S/C11H15N5/c1-15-10(2-3-14-15)7-16-8-13-6-11(16)9-4-12-5-9/h2-3,6,8-9,12H,4-5,7H2,1H3. The van der Waals surface area contributed by atoms with Crippen molar-refractivity contribution >= 4 is 0 Å². The number of nitrogens with one attached hydrogen (secondary N) is 1. The summed E-state index contributed by atoms with van der Waals surface area (Å²) >= 11 is 0. The van der Waals surface area contributed by atoms with Gasteiger partial charge in [-0.2, -0.15) is 5.10 Å². The summed E-state index contributed by atoms with van der Waals surface area (Å²) in [6.07, 6.45) is 5.71. The molecule has 2 aromatic heterocycles.